The van der Waals surface area contributed by atoms with Crippen molar-refractivity contribution in [2.75, 3.05) is 20.2 Å². The molecule has 4 amide bonds. The van der Waals surface area contributed by atoms with Gasteiger partial charge < -0.3 is 15.4 Å². The summed E-state index contributed by atoms with van der Waals surface area (Å²) in [6.45, 7) is 1.58. The van der Waals surface area contributed by atoms with E-state index in [1.807, 2.05) is 18.2 Å². The highest BCUT2D eigenvalue weighted by molar-refractivity contribution is 6.09. The smallest absolute Gasteiger partial charge is 0.325 e. The molecule has 3 rings (SSSR count). The van der Waals surface area contributed by atoms with Gasteiger partial charge in [-0.15, -0.1) is 0 Å². The summed E-state index contributed by atoms with van der Waals surface area (Å²) < 4.78 is 18.2. The van der Waals surface area contributed by atoms with Gasteiger partial charge in [0.05, 0.1) is 7.11 Å². The fourth-order valence-electron chi connectivity index (χ4n) is 3.44. The number of para-hydroxylation sites is 1. The predicted octanol–water partition coefficient (Wildman–Crippen LogP) is 2.05. The third kappa shape index (κ3) is 4.76. The fourth-order valence-corrected chi connectivity index (χ4v) is 3.44. The molecule has 1 aliphatic rings. The summed E-state index contributed by atoms with van der Waals surface area (Å²) in [5.74, 6) is -0.607. The van der Waals surface area contributed by atoms with Crippen LogP contribution in [0.3, 0.4) is 0 Å². The first-order valence-corrected chi connectivity index (χ1v) is 9.59. The normalized spacial score (nSPS) is 18.3. The lowest BCUT2D eigenvalue weighted by Crippen LogP contribution is -2.47. The molecule has 0 aliphatic carbocycles. The van der Waals surface area contributed by atoms with E-state index in [4.69, 9.17) is 4.74 Å². The third-order valence-electron chi connectivity index (χ3n) is 5.03. The van der Waals surface area contributed by atoms with Gasteiger partial charge in [0, 0.05) is 13.0 Å². The molecule has 2 aromatic rings. The topological polar surface area (TPSA) is 87.7 Å². The van der Waals surface area contributed by atoms with Crippen molar-refractivity contribution in [2.45, 2.75) is 25.3 Å². The Morgan fingerprint density at radius 2 is 1.87 bits per heavy atom. The van der Waals surface area contributed by atoms with Crippen molar-refractivity contribution in [3.63, 3.8) is 0 Å². The Kier molecular flexibility index (Phi) is 6.34. The Morgan fingerprint density at radius 1 is 1.17 bits per heavy atom. The van der Waals surface area contributed by atoms with Crippen molar-refractivity contribution in [1.29, 1.82) is 0 Å². The Bertz CT molecular complexity index is 948. The maximum absolute atomic E-state index is 12.9. The summed E-state index contributed by atoms with van der Waals surface area (Å²) in [6.07, 6.45) is 0.752. The molecule has 0 unspecified atom stereocenters. The summed E-state index contributed by atoms with van der Waals surface area (Å²) in [7, 11) is 1.54. The number of imide groups is 1. The van der Waals surface area contributed by atoms with Gasteiger partial charge in [-0.1, -0.05) is 30.3 Å². The number of hydrogen-bond acceptors (Lipinski definition) is 4. The quantitative estimate of drug-likeness (QED) is 0.649. The van der Waals surface area contributed by atoms with E-state index in [1.54, 1.807) is 32.2 Å². The van der Waals surface area contributed by atoms with E-state index in [2.05, 4.69) is 10.6 Å². The van der Waals surface area contributed by atoms with Gasteiger partial charge in [-0.05, 0) is 42.7 Å². The van der Waals surface area contributed by atoms with Crippen LogP contribution in [0, 0.1) is 5.82 Å². The Labute approximate surface area is 174 Å². The molecule has 8 heteroatoms. The molecule has 0 saturated carbocycles. The lowest BCUT2D eigenvalue weighted by Gasteiger charge is -2.22. The summed E-state index contributed by atoms with van der Waals surface area (Å²) in [5, 5.41) is 5.37. The minimum atomic E-state index is -1.17. The Hall–Kier alpha value is -3.42. The molecule has 2 N–H and O–H groups in total. The lowest BCUT2D eigenvalue weighted by atomic mass is 9.92. The van der Waals surface area contributed by atoms with Crippen LogP contribution in [0.1, 0.15) is 18.1 Å². The Balaban J connectivity index is 1.57. The van der Waals surface area contributed by atoms with Crippen LogP contribution >= 0.6 is 0 Å². The van der Waals surface area contributed by atoms with Gasteiger partial charge in [0.15, 0.2) is 0 Å². The number of halogens is 1. The zero-order chi connectivity index (χ0) is 21.7. The van der Waals surface area contributed by atoms with Gasteiger partial charge in [0.25, 0.3) is 5.91 Å². The third-order valence-corrected chi connectivity index (χ3v) is 5.03. The van der Waals surface area contributed by atoms with E-state index in [9.17, 15) is 18.8 Å². The number of ether oxygens (including phenoxy) is 1. The maximum atomic E-state index is 12.9. The molecule has 7 nitrogen and oxygen atoms in total. The van der Waals surface area contributed by atoms with Crippen LogP contribution in [0.5, 0.6) is 5.75 Å². The van der Waals surface area contributed by atoms with Crippen molar-refractivity contribution in [3.05, 3.63) is 65.5 Å². The molecular formula is C22H24FN3O4. The molecule has 0 spiro atoms. The molecule has 1 atom stereocenters. The molecule has 0 aromatic heterocycles. The summed E-state index contributed by atoms with van der Waals surface area (Å²) in [4.78, 5) is 38.4. The minimum Gasteiger partial charge on any atom is -0.496 e. The molecule has 30 heavy (non-hydrogen) atoms. The van der Waals surface area contributed by atoms with Crippen LogP contribution in [0.25, 0.3) is 0 Å². The van der Waals surface area contributed by atoms with Crippen molar-refractivity contribution in [2.24, 2.45) is 0 Å². The number of benzene rings is 2. The van der Waals surface area contributed by atoms with Crippen LogP contribution in [-0.4, -0.2) is 48.5 Å². The molecule has 1 aliphatic heterocycles. The van der Waals surface area contributed by atoms with Crippen LogP contribution < -0.4 is 15.4 Å². The second-order valence-electron chi connectivity index (χ2n) is 7.37. The maximum Gasteiger partial charge on any atom is 0.325 e. The molecule has 0 radical (unpaired) electrons. The average molecular weight is 413 g/mol. The van der Waals surface area contributed by atoms with Gasteiger partial charge in [0.2, 0.25) is 5.91 Å². The highest BCUT2D eigenvalue weighted by Gasteiger charge is 2.48. The SMILES string of the molecule is COc1ccccc1C[C@@]1(C)NC(=O)N(CC(=O)NCCc2ccc(F)cc2)C1=O. The zero-order valence-corrected chi connectivity index (χ0v) is 16.9. The van der Waals surface area contributed by atoms with Crippen LogP contribution in [0.2, 0.25) is 0 Å². The molecule has 1 fully saturated rings. The van der Waals surface area contributed by atoms with Crippen molar-refractivity contribution in [1.82, 2.24) is 15.5 Å². The number of urea groups is 1. The standard InChI is InChI=1S/C22H24FN3O4/c1-22(13-16-5-3-4-6-18(16)30-2)20(28)26(21(29)25-22)14-19(27)24-12-11-15-7-9-17(23)10-8-15/h3-10H,11-14H2,1-2H3,(H,24,27)(H,25,29)/t22-/m1/s1. The fraction of sp³-hybridized carbons (Fsp3) is 0.318. The summed E-state index contributed by atoms with van der Waals surface area (Å²) >= 11 is 0. The minimum absolute atomic E-state index is 0.240. The molecule has 1 heterocycles. The molecule has 158 valence electrons. The van der Waals surface area contributed by atoms with Gasteiger partial charge >= 0.3 is 6.03 Å². The first-order chi connectivity index (χ1) is 14.3. The first-order valence-electron chi connectivity index (χ1n) is 9.59. The lowest BCUT2D eigenvalue weighted by molar-refractivity contribution is -0.134. The summed E-state index contributed by atoms with van der Waals surface area (Å²) in [5.41, 5.74) is 0.484. The molecule has 1 saturated heterocycles. The average Bonchev–Trinajstić information content (AvgIpc) is 2.93. The van der Waals surface area contributed by atoms with Crippen LogP contribution in [-0.2, 0) is 22.4 Å². The number of rotatable bonds is 8. The van der Waals surface area contributed by atoms with Crippen molar-refractivity contribution < 1.29 is 23.5 Å². The van der Waals surface area contributed by atoms with E-state index < -0.39 is 23.4 Å². The highest BCUT2D eigenvalue weighted by atomic mass is 19.1. The molecule has 0 bridgehead atoms. The van der Waals surface area contributed by atoms with E-state index in [-0.39, 0.29) is 18.8 Å². The van der Waals surface area contributed by atoms with Gasteiger partial charge in [0.1, 0.15) is 23.7 Å². The second kappa shape index (κ2) is 8.94. The van der Waals surface area contributed by atoms with Crippen molar-refractivity contribution in [3.8, 4) is 5.75 Å². The van der Waals surface area contributed by atoms with E-state index in [0.29, 0.717) is 18.7 Å². The monoisotopic (exact) mass is 413 g/mol. The number of amides is 4. The number of hydrogen-bond donors (Lipinski definition) is 2. The van der Waals surface area contributed by atoms with Crippen LogP contribution in [0.4, 0.5) is 9.18 Å². The molecular weight excluding hydrogens is 389 g/mol. The van der Waals surface area contributed by atoms with E-state index in [0.717, 1.165) is 16.0 Å². The van der Waals surface area contributed by atoms with Crippen LogP contribution in [0.15, 0.2) is 48.5 Å². The predicted molar refractivity (Wildman–Crippen MR) is 108 cm³/mol. The number of nitrogens with zero attached hydrogens (tertiary/aromatic N) is 1. The number of carbonyl (C=O) groups is 3. The van der Waals surface area contributed by atoms with E-state index >= 15 is 0 Å². The van der Waals surface area contributed by atoms with E-state index in [1.165, 1.54) is 12.1 Å². The van der Waals surface area contributed by atoms with Crippen molar-refractivity contribution >= 4 is 17.8 Å². The second-order valence-corrected chi connectivity index (χ2v) is 7.37. The number of nitrogens with one attached hydrogen (secondary N) is 2. The largest absolute Gasteiger partial charge is 0.496 e. The van der Waals surface area contributed by atoms with Gasteiger partial charge in [-0.25, -0.2) is 9.18 Å². The van der Waals surface area contributed by atoms with Gasteiger partial charge in [-0.3, -0.25) is 14.5 Å². The van der Waals surface area contributed by atoms with Gasteiger partial charge in [-0.2, -0.15) is 0 Å². The first kappa shape index (κ1) is 21.3. The number of methoxy groups -OCH3 is 1. The Morgan fingerprint density at radius 3 is 2.57 bits per heavy atom. The highest BCUT2D eigenvalue weighted by Crippen LogP contribution is 2.27. The summed E-state index contributed by atoms with van der Waals surface area (Å²) in [6, 6.07) is 12.6. The number of carbonyl (C=O) groups excluding carboxylic acids is 3. The zero-order valence-electron chi connectivity index (χ0n) is 16.9. The molecule has 2 aromatic carbocycles.